The maximum Gasteiger partial charge on any atom is 0.466 e. The van der Waals surface area contributed by atoms with E-state index < -0.39 is 29.3 Å². The summed E-state index contributed by atoms with van der Waals surface area (Å²) in [5, 5.41) is 1.74. The quantitative estimate of drug-likeness (QED) is 0.551. The average molecular weight is 380 g/mol. The van der Waals surface area contributed by atoms with Crippen LogP contribution in [0.2, 0.25) is 0 Å². The van der Waals surface area contributed by atoms with E-state index in [0.29, 0.717) is 10.9 Å². The number of alkyl halides is 2. The first kappa shape index (κ1) is 16.6. The Morgan fingerprint density at radius 2 is 1.77 bits per heavy atom. The van der Waals surface area contributed by atoms with Crippen molar-refractivity contribution in [2.45, 2.75) is 6.11 Å². The molecular formula is C18H8F4O3S. The second-order valence-corrected chi connectivity index (χ2v) is 6.40. The monoisotopic (exact) mass is 380 g/mol. The Morgan fingerprint density at radius 3 is 2.42 bits per heavy atom. The van der Waals surface area contributed by atoms with Crippen LogP contribution in [-0.4, -0.2) is 11.9 Å². The second kappa shape index (κ2) is 5.84. The van der Waals surface area contributed by atoms with Crippen LogP contribution in [0.5, 0.6) is 17.2 Å². The van der Waals surface area contributed by atoms with Gasteiger partial charge in [-0.1, -0.05) is 6.07 Å². The van der Waals surface area contributed by atoms with Gasteiger partial charge in [-0.2, -0.15) is 8.78 Å². The summed E-state index contributed by atoms with van der Waals surface area (Å²) in [7, 11) is 0. The lowest BCUT2D eigenvalue weighted by atomic mass is 10.0. The van der Waals surface area contributed by atoms with Crippen molar-refractivity contribution in [1.29, 1.82) is 0 Å². The molecule has 0 atom stereocenters. The molecule has 0 N–H and O–H groups in total. The molecular weight excluding hydrogens is 372 g/mol. The third-order valence-electron chi connectivity index (χ3n) is 3.69. The number of hydrogen-bond acceptors (Lipinski definition) is 4. The summed E-state index contributed by atoms with van der Waals surface area (Å²) in [4.78, 5) is 12.7. The first-order valence-electron chi connectivity index (χ1n) is 7.31. The van der Waals surface area contributed by atoms with Crippen LogP contribution >= 0.6 is 11.3 Å². The average Bonchev–Trinajstić information content (AvgIpc) is 3.15. The topological polar surface area (TPSA) is 35.5 Å². The van der Waals surface area contributed by atoms with Gasteiger partial charge in [0.2, 0.25) is 0 Å². The highest BCUT2D eigenvalue weighted by atomic mass is 32.1. The van der Waals surface area contributed by atoms with Crippen LogP contribution < -0.4 is 9.47 Å². The largest absolute Gasteiger partial charge is 0.466 e. The van der Waals surface area contributed by atoms with E-state index in [2.05, 4.69) is 4.74 Å². The lowest BCUT2D eigenvalue weighted by molar-refractivity contribution is -0.124. The van der Waals surface area contributed by atoms with Crippen LogP contribution in [-0.2, 0) is 0 Å². The molecule has 0 saturated carbocycles. The molecule has 0 aliphatic carbocycles. The molecule has 0 fully saturated rings. The van der Waals surface area contributed by atoms with Crippen molar-refractivity contribution < 1.29 is 31.8 Å². The minimum Gasteiger partial charge on any atom is -0.453 e. The molecule has 1 aliphatic rings. The van der Waals surface area contributed by atoms with Crippen LogP contribution in [0.3, 0.4) is 0 Å². The van der Waals surface area contributed by atoms with Gasteiger partial charge in [-0.15, -0.1) is 11.3 Å². The molecule has 0 saturated heterocycles. The molecule has 2 aromatic carbocycles. The number of hydrogen-bond donors (Lipinski definition) is 0. The molecule has 1 aromatic heterocycles. The van der Waals surface area contributed by atoms with Crippen LogP contribution in [0, 0.1) is 11.6 Å². The molecule has 0 spiro atoms. The number of benzene rings is 2. The van der Waals surface area contributed by atoms with Gasteiger partial charge in [0.05, 0.1) is 5.56 Å². The van der Waals surface area contributed by atoms with Crippen molar-refractivity contribution in [3.63, 3.8) is 0 Å². The van der Waals surface area contributed by atoms with Gasteiger partial charge in [0.25, 0.3) is 5.78 Å². The van der Waals surface area contributed by atoms with Crippen LogP contribution in [0.4, 0.5) is 17.6 Å². The fourth-order valence-corrected chi connectivity index (χ4v) is 3.40. The fraction of sp³-hybridized carbons (Fsp3) is 0.0556. The highest BCUT2D eigenvalue weighted by Crippen LogP contribution is 2.49. The van der Waals surface area contributed by atoms with Gasteiger partial charge in [0.15, 0.2) is 11.5 Å². The molecule has 3 aromatic rings. The Hall–Kier alpha value is -2.87. The first-order valence-corrected chi connectivity index (χ1v) is 8.19. The van der Waals surface area contributed by atoms with E-state index in [1.165, 1.54) is 23.5 Å². The third-order valence-corrected chi connectivity index (χ3v) is 4.60. The third kappa shape index (κ3) is 2.72. The number of carbonyl (C=O) groups is 1. The summed E-state index contributed by atoms with van der Waals surface area (Å²) in [5.41, 5.74) is -0.0539. The Balaban J connectivity index is 1.84. The molecule has 0 unspecified atom stereocenters. The highest BCUT2D eigenvalue weighted by Gasteiger charge is 2.52. The molecule has 0 amide bonds. The Morgan fingerprint density at radius 1 is 1.04 bits per heavy atom. The van der Waals surface area contributed by atoms with Crippen molar-refractivity contribution in [2.24, 2.45) is 0 Å². The number of carbonyl (C=O) groups excluding carboxylic acids is 1. The summed E-state index contributed by atoms with van der Waals surface area (Å²) in [6, 6.07) is 8.54. The van der Waals surface area contributed by atoms with Crippen molar-refractivity contribution in [3.05, 3.63) is 65.0 Å². The number of ether oxygens (including phenoxy) is 2. The maximum absolute atomic E-state index is 13.9. The lowest BCUT2D eigenvalue weighted by Gasteiger charge is -2.12. The van der Waals surface area contributed by atoms with E-state index in [1.54, 1.807) is 17.5 Å². The van der Waals surface area contributed by atoms with Gasteiger partial charge in [0.1, 0.15) is 17.4 Å². The zero-order valence-electron chi connectivity index (χ0n) is 12.8. The van der Waals surface area contributed by atoms with E-state index in [9.17, 15) is 22.4 Å². The number of ketones is 1. The Labute approximate surface area is 148 Å². The van der Waals surface area contributed by atoms with E-state index in [-0.39, 0.29) is 22.6 Å². The number of thiophene rings is 1. The van der Waals surface area contributed by atoms with E-state index in [1.807, 2.05) is 0 Å². The SMILES string of the molecule is O=C1c2c(-c3cccs3)ccc(Oc3cc(F)cc(F)c3)c2OC1(F)F. The van der Waals surface area contributed by atoms with E-state index in [4.69, 9.17) is 4.74 Å². The Bertz CT molecular complexity index is 995. The maximum atomic E-state index is 13.9. The predicted molar refractivity (Wildman–Crippen MR) is 86.1 cm³/mol. The van der Waals surface area contributed by atoms with Crippen molar-refractivity contribution in [1.82, 2.24) is 0 Å². The fourth-order valence-electron chi connectivity index (χ4n) is 2.64. The normalized spacial score (nSPS) is 14.8. The molecule has 2 heterocycles. The molecule has 132 valence electrons. The summed E-state index contributed by atoms with van der Waals surface area (Å²) < 4.78 is 64.2. The predicted octanol–water partition coefficient (Wildman–Crippen LogP) is 5.65. The lowest BCUT2D eigenvalue weighted by Crippen LogP contribution is -2.28. The van der Waals surface area contributed by atoms with Crippen LogP contribution in [0.1, 0.15) is 10.4 Å². The second-order valence-electron chi connectivity index (χ2n) is 5.45. The van der Waals surface area contributed by atoms with E-state index in [0.717, 1.165) is 12.1 Å². The number of fused-ring (bicyclic) bond motifs is 1. The number of Topliss-reactive ketones (excluding diaryl/α,β-unsaturated/α-hetero) is 1. The molecule has 1 aliphatic heterocycles. The minimum absolute atomic E-state index is 0.240. The summed E-state index contributed by atoms with van der Waals surface area (Å²) in [5.74, 6) is -4.23. The first-order chi connectivity index (χ1) is 12.3. The van der Waals surface area contributed by atoms with Crippen LogP contribution in [0.15, 0.2) is 47.8 Å². The Kier molecular flexibility index (Phi) is 3.73. The molecule has 3 nitrogen and oxygen atoms in total. The molecule has 0 radical (unpaired) electrons. The summed E-state index contributed by atoms with van der Waals surface area (Å²) >= 11 is 1.27. The van der Waals surface area contributed by atoms with Gasteiger partial charge in [0, 0.05) is 28.6 Å². The van der Waals surface area contributed by atoms with Crippen molar-refractivity contribution in [3.8, 4) is 27.7 Å². The van der Waals surface area contributed by atoms with Gasteiger partial charge in [-0.3, -0.25) is 4.79 Å². The molecule has 4 rings (SSSR count). The molecule has 26 heavy (non-hydrogen) atoms. The van der Waals surface area contributed by atoms with Gasteiger partial charge >= 0.3 is 6.11 Å². The van der Waals surface area contributed by atoms with Gasteiger partial charge in [-0.25, -0.2) is 8.78 Å². The van der Waals surface area contributed by atoms with Crippen molar-refractivity contribution in [2.75, 3.05) is 0 Å². The number of halogens is 4. The molecule has 8 heteroatoms. The minimum atomic E-state index is -4.04. The zero-order valence-corrected chi connectivity index (χ0v) is 13.6. The standard InChI is InChI=1S/C18H8F4O3S/c19-9-6-10(20)8-11(7-9)24-13-4-3-12(14-2-1-5-26-14)15-16(13)25-18(21,22)17(15)23/h1-8H. The van der Waals surface area contributed by atoms with Gasteiger partial charge < -0.3 is 9.47 Å². The summed E-state index contributed by atoms with van der Waals surface area (Å²) in [6.45, 7) is 0. The summed E-state index contributed by atoms with van der Waals surface area (Å²) in [6.07, 6.45) is -4.04. The zero-order chi connectivity index (χ0) is 18.5. The van der Waals surface area contributed by atoms with Gasteiger partial charge in [-0.05, 0) is 23.6 Å². The molecule has 0 bridgehead atoms. The van der Waals surface area contributed by atoms with Crippen LogP contribution in [0.25, 0.3) is 10.4 Å². The highest BCUT2D eigenvalue weighted by molar-refractivity contribution is 7.13. The van der Waals surface area contributed by atoms with E-state index >= 15 is 0 Å². The number of rotatable bonds is 3. The smallest absolute Gasteiger partial charge is 0.453 e. The van der Waals surface area contributed by atoms with Crippen molar-refractivity contribution >= 4 is 17.1 Å².